The Balaban J connectivity index is 0.000000498. The van der Waals surface area contributed by atoms with Crippen molar-refractivity contribution in [2.75, 3.05) is 0 Å². The molecule has 24 heavy (non-hydrogen) atoms. The van der Waals surface area contributed by atoms with Gasteiger partial charge in [0.2, 0.25) is 0 Å². The van der Waals surface area contributed by atoms with Gasteiger partial charge in [0.25, 0.3) is 5.69 Å². The maximum absolute atomic E-state index is 10.5. The number of aromatic carboxylic acids is 2. The number of hydrogen-bond acceptors (Lipinski definition) is 6. The normalized spacial score (nSPS) is 19.2. The molecule has 2 N–H and O–H groups in total. The smallest absolute Gasteiger partial charge is 0.676 e. The fraction of sp³-hybridized carbons (Fsp3) is 0.429. The van der Waals surface area contributed by atoms with E-state index in [4.69, 9.17) is 11.5 Å². The summed E-state index contributed by atoms with van der Waals surface area (Å²) in [4.78, 5) is 30.3. The van der Waals surface area contributed by atoms with Gasteiger partial charge in [0.1, 0.15) is 0 Å². The van der Waals surface area contributed by atoms with Crippen LogP contribution in [0.15, 0.2) is 18.2 Å². The number of nitrogens with zero attached hydrogens (tertiary/aromatic N) is 1. The Morgan fingerprint density at radius 1 is 1.04 bits per heavy atom. The molecule has 0 spiro atoms. The number of carbonyl (C=O) groups is 2. The van der Waals surface area contributed by atoms with Gasteiger partial charge in [-0.1, -0.05) is 25.7 Å². The summed E-state index contributed by atoms with van der Waals surface area (Å²) in [5.74, 6) is -3.43. The van der Waals surface area contributed by atoms with Gasteiger partial charge in [0.15, 0.2) is 0 Å². The van der Waals surface area contributed by atoms with Crippen molar-refractivity contribution < 1.29 is 45.8 Å². The van der Waals surface area contributed by atoms with E-state index in [9.17, 15) is 29.9 Å². The molecule has 1 aliphatic carbocycles. The van der Waals surface area contributed by atoms with Crippen LogP contribution in [0.5, 0.6) is 0 Å². The first-order valence-corrected chi connectivity index (χ1v) is 6.87. The van der Waals surface area contributed by atoms with Crippen LogP contribution in [-0.4, -0.2) is 28.9 Å². The number of carboxylic acid groups (broad SMARTS) is 2. The summed E-state index contributed by atoms with van der Waals surface area (Å²) < 4.78 is 0. The average Bonchev–Trinajstić information content (AvgIpc) is 2.50. The van der Waals surface area contributed by atoms with E-state index in [0.717, 1.165) is 25.0 Å². The zero-order chi connectivity index (χ0) is 17.6. The minimum absolute atomic E-state index is 0. The van der Waals surface area contributed by atoms with Gasteiger partial charge in [-0.15, -0.1) is 0 Å². The quantitative estimate of drug-likeness (QED) is 0.423. The second-order valence-corrected chi connectivity index (χ2v) is 5.06. The fourth-order valence-corrected chi connectivity index (χ4v) is 2.12. The van der Waals surface area contributed by atoms with E-state index >= 15 is 0 Å². The molecule has 132 valence electrons. The van der Waals surface area contributed by atoms with Crippen molar-refractivity contribution in [2.45, 2.75) is 37.8 Å². The number of nitro groups is 1. The summed E-state index contributed by atoms with van der Waals surface area (Å²) in [7, 11) is 0. The second kappa shape index (κ2) is 10.1. The summed E-state index contributed by atoms with van der Waals surface area (Å²) in [6, 6.07) is 2.13. The number of nitrogens with one attached hydrogen (secondary N) is 2. The molecule has 0 aliphatic heterocycles. The largest absolute Gasteiger partial charge is 4.00 e. The number of hydrogen-bond donors (Lipinski definition) is 0. The van der Waals surface area contributed by atoms with Gasteiger partial charge >= 0.3 is 21.1 Å². The van der Waals surface area contributed by atoms with Crippen LogP contribution in [0.4, 0.5) is 5.69 Å². The van der Waals surface area contributed by atoms with Crippen LogP contribution in [0, 0.1) is 10.1 Å². The number of carboxylic acids is 2. The van der Waals surface area contributed by atoms with Crippen molar-refractivity contribution in [1.29, 1.82) is 0 Å². The van der Waals surface area contributed by atoms with Gasteiger partial charge in [-0.3, -0.25) is 10.1 Å². The Hall–Kier alpha value is -1.83. The van der Waals surface area contributed by atoms with Crippen LogP contribution in [0.25, 0.3) is 11.5 Å². The van der Waals surface area contributed by atoms with Crippen LogP contribution in [0.3, 0.4) is 0 Å². The van der Waals surface area contributed by atoms with Gasteiger partial charge in [-0.25, -0.2) is 0 Å². The van der Waals surface area contributed by atoms with Crippen LogP contribution < -0.4 is 10.2 Å². The van der Waals surface area contributed by atoms with Crippen LogP contribution in [-0.2, 0) is 21.1 Å². The molecule has 0 aromatic heterocycles. The molecule has 0 radical (unpaired) electrons. The van der Waals surface area contributed by atoms with E-state index in [1.54, 1.807) is 0 Å². The van der Waals surface area contributed by atoms with E-state index in [2.05, 4.69) is 0 Å². The fourth-order valence-electron chi connectivity index (χ4n) is 2.12. The van der Waals surface area contributed by atoms with Crippen molar-refractivity contribution in [2.24, 2.45) is 0 Å². The molecule has 0 saturated heterocycles. The molecular weight excluding hydrogens is 501 g/mol. The molecule has 1 aromatic carbocycles. The Kier molecular flexibility index (Phi) is 9.35. The van der Waals surface area contributed by atoms with Crippen molar-refractivity contribution in [3.8, 4) is 0 Å². The third-order valence-electron chi connectivity index (χ3n) is 3.41. The summed E-state index contributed by atoms with van der Waals surface area (Å²) in [6.45, 7) is 0. The standard InChI is InChI=1S/C8H5NO6.C6H12N2.Pt/c10-7(11)4-1-2-6(9(14)15)5(3-4)8(12)13;7-5-3-1-2-4-6(5)8;/h1-3H,(H,10,11)(H,12,13);5-8H,1-4H2;/q;-2;+4/p-2. The monoisotopic (exact) mass is 516 g/mol. The summed E-state index contributed by atoms with van der Waals surface area (Å²) in [5.41, 5.74) is 12.6. The van der Waals surface area contributed by atoms with Crippen molar-refractivity contribution in [3.05, 3.63) is 50.9 Å². The van der Waals surface area contributed by atoms with Gasteiger partial charge in [0, 0.05) is 6.07 Å². The third-order valence-corrected chi connectivity index (χ3v) is 3.41. The molecule has 2 unspecified atom stereocenters. The molecule has 0 bridgehead atoms. The van der Waals surface area contributed by atoms with Gasteiger partial charge < -0.3 is 31.3 Å². The zero-order valence-corrected chi connectivity index (χ0v) is 14.7. The number of rotatable bonds is 3. The van der Waals surface area contributed by atoms with Crippen molar-refractivity contribution in [3.63, 3.8) is 0 Å². The number of benzene rings is 1. The van der Waals surface area contributed by atoms with E-state index in [-0.39, 0.29) is 33.1 Å². The molecular formula is C14H15N3O6Pt. The molecule has 9 nitrogen and oxygen atoms in total. The first-order chi connectivity index (χ1) is 10.7. The van der Waals surface area contributed by atoms with Gasteiger partial charge in [0.05, 0.1) is 22.4 Å². The minimum atomic E-state index is -1.81. The van der Waals surface area contributed by atoms with Crippen LogP contribution in [0.2, 0.25) is 0 Å². The predicted octanol–water partition coefficient (Wildman–Crippen LogP) is 0.721. The Morgan fingerprint density at radius 2 is 1.54 bits per heavy atom. The maximum atomic E-state index is 10.5. The van der Waals surface area contributed by atoms with E-state index in [0.29, 0.717) is 6.07 Å². The molecule has 1 aliphatic rings. The second-order valence-electron chi connectivity index (χ2n) is 5.06. The Labute approximate surface area is 152 Å². The molecule has 1 saturated carbocycles. The summed E-state index contributed by atoms with van der Waals surface area (Å²) in [6.07, 6.45) is 4.25. The number of carbonyl (C=O) groups excluding carboxylic acids is 2. The molecule has 1 fully saturated rings. The van der Waals surface area contributed by atoms with E-state index in [1.165, 1.54) is 12.8 Å². The van der Waals surface area contributed by atoms with Crippen molar-refractivity contribution >= 4 is 17.6 Å². The summed E-state index contributed by atoms with van der Waals surface area (Å²) in [5, 5.41) is 31.2. The predicted molar refractivity (Wildman–Crippen MR) is 76.4 cm³/mol. The van der Waals surface area contributed by atoms with E-state index < -0.39 is 33.7 Å². The average molecular weight is 516 g/mol. The molecule has 0 amide bonds. The third kappa shape index (κ3) is 6.35. The Bertz CT molecular complexity index is 600. The molecule has 2 rings (SSSR count). The van der Waals surface area contributed by atoms with Crippen LogP contribution >= 0.6 is 0 Å². The molecule has 1 aromatic rings. The van der Waals surface area contributed by atoms with Crippen molar-refractivity contribution in [1.82, 2.24) is 0 Å². The maximum Gasteiger partial charge on any atom is 4.00 e. The number of nitro benzene ring substituents is 1. The topological polar surface area (TPSA) is 171 Å². The first-order valence-electron chi connectivity index (χ1n) is 6.87. The summed E-state index contributed by atoms with van der Waals surface area (Å²) >= 11 is 0. The molecule has 0 heterocycles. The Morgan fingerprint density at radius 3 is 1.88 bits per heavy atom. The SMILES string of the molecule is O=C([O-])c1ccc([N+](=O)[O-])c(C(=O)[O-])c1.[NH-]C1CCCCC1[NH-].[Pt+4]. The molecule has 10 heteroatoms. The minimum Gasteiger partial charge on any atom is -0.676 e. The van der Waals surface area contributed by atoms with Gasteiger partial charge in [-0.05, 0) is 17.7 Å². The first kappa shape index (κ1) is 22.2. The molecule has 2 atom stereocenters. The van der Waals surface area contributed by atoms with Gasteiger partial charge in [-0.2, -0.15) is 12.1 Å². The van der Waals surface area contributed by atoms with E-state index in [1.807, 2.05) is 0 Å². The van der Waals surface area contributed by atoms with Crippen LogP contribution in [0.1, 0.15) is 46.4 Å². The zero-order valence-electron chi connectivity index (χ0n) is 12.4.